The second-order valence-corrected chi connectivity index (χ2v) is 7.98. The molecule has 1 unspecified atom stereocenters. The molecule has 4 heterocycles. The number of primary amides is 1. The van der Waals surface area contributed by atoms with Crippen LogP contribution in [-0.4, -0.2) is 39.9 Å². The van der Waals surface area contributed by atoms with Crippen LogP contribution in [0.3, 0.4) is 0 Å². The third-order valence-electron chi connectivity index (χ3n) is 5.40. The molecule has 2 aromatic rings. The van der Waals surface area contributed by atoms with E-state index in [1.807, 2.05) is 26.0 Å². The number of fused-ring (bicyclic) bond motifs is 1. The molecule has 2 aliphatic rings. The number of aliphatic hydroxyl groups is 1. The lowest BCUT2D eigenvalue weighted by Gasteiger charge is -2.41. The molecule has 1 saturated heterocycles. The van der Waals surface area contributed by atoms with Crippen LogP contribution in [-0.2, 0) is 16.8 Å². The average Bonchev–Trinajstić information content (AvgIpc) is 3.04. The van der Waals surface area contributed by atoms with Gasteiger partial charge < -0.3 is 15.6 Å². The largest absolute Gasteiger partial charge is 0.385 e. The molecule has 27 heavy (non-hydrogen) atoms. The molecular weight excluding hydrogens is 344 g/mol. The quantitative estimate of drug-likeness (QED) is 0.847. The molecule has 3 N–H and O–H groups in total. The van der Waals surface area contributed by atoms with Crippen molar-refractivity contribution in [2.24, 2.45) is 5.73 Å². The molecule has 4 rings (SSSR count). The molecular formula is C20H24N4O3. The van der Waals surface area contributed by atoms with E-state index in [0.29, 0.717) is 31.8 Å². The summed E-state index contributed by atoms with van der Waals surface area (Å²) in [6.07, 6.45) is 6.99. The maximum Gasteiger partial charge on any atom is 0.320 e. The predicted octanol–water partition coefficient (Wildman–Crippen LogP) is 2.36. The first kappa shape index (κ1) is 17.9. The third kappa shape index (κ3) is 3.28. The Kier molecular flexibility index (Phi) is 4.16. The highest BCUT2D eigenvalue weighted by Crippen LogP contribution is 2.40. The molecule has 0 aromatic carbocycles. The first-order valence-electron chi connectivity index (χ1n) is 9.16. The Morgan fingerprint density at radius 2 is 2.04 bits per heavy atom. The molecule has 0 saturated carbocycles. The van der Waals surface area contributed by atoms with Crippen LogP contribution in [0.25, 0.3) is 11.1 Å². The minimum atomic E-state index is -0.961. The lowest BCUT2D eigenvalue weighted by molar-refractivity contribution is -0.148. The van der Waals surface area contributed by atoms with Crippen LogP contribution in [0.4, 0.5) is 10.6 Å². The van der Waals surface area contributed by atoms with E-state index in [1.165, 1.54) is 4.90 Å². The molecule has 7 nitrogen and oxygen atoms in total. The van der Waals surface area contributed by atoms with Crippen LogP contribution < -0.4 is 10.6 Å². The summed E-state index contributed by atoms with van der Waals surface area (Å²) in [5, 5.41) is 11.2. The molecule has 7 heteroatoms. The molecule has 1 fully saturated rings. The number of ether oxygens (including phenoxy) is 1. The second-order valence-electron chi connectivity index (χ2n) is 7.98. The summed E-state index contributed by atoms with van der Waals surface area (Å²) in [4.78, 5) is 21.8. The zero-order valence-corrected chi connectivity index (χ0v) is 15.6. The molecule has 142 valence electrons. The van der Waals surface area contributed by atoms with Gasteiger partial charge in [-0.1, -0.05) is 0 Å². The number of amides is 2. The highest BCUT2D eigenvalue weighted by Gasteiger charge is 2.41. The first-order valence-corrected chi connectivity index (χ1v) is 9.16. The average molecular weight is 368 g/mol. The van der Waals surface area contributed by atoms with Gasteiger partial charge in [-0.25, -0.2) is 9.78 Å². The number of hydrogen-bond acceptors (Lipinski definition) is 5. The van der Waals surface area contributed by atoms with E-state index < -0.39 is 11.6 Å². The van der Waals surface area contributed by atoms with Crippen LogP contribution in [0.15, 0.2) is 30.7 Å². The van der Waals surface area contributed by atoms with Gasteiger partial charge in [-0.15, -0.1) is 0 Å². The minimum absolute atomic E-state index is 0.379. The lowest BCUT2D eigenvalue weighted by atomic mass is 9.79. The summed E-state index contributed by atoms with van der Waals surface area (Å²) in [5.41, 5.74) is 7.63. The van der Waals surface area contributed by atoms with E-state index in [9.17, 15) is 9.90 Å². The summed E-state index contributed by atoms with van der Waals surface area (Å²) >= 11 is 0. The highest BCUT2D eigenvalue weighted by molar-refractivity contribution is 5.92. The summed E-state index contributed by atoms with van der Waals surface area (Å²) in [7, 11) is 0. The zero-order chi connectivity index (χ0) is 19.2. The fourth-order valence-corrected chi connectivity index (χ4v) is 4.08. The van der Waals surface area contributed by atoms with Crippen molar-refractivity contribution in [1.29, 1.82) is 0 Å². The summed E-state index contributed by atoms with van der Waals surface area (Å²) in [6, 6.07) is 3.50. The van der Waals surface area contributed by atoms with Crippen LogP contribution in [0.2, 0.25) is 0 Å². The van der Waals surface area contributed by atoms with E-state index in [4.69, 9.17) is 10.5 Å². The molecule has 0 aliphatic carbocycles. The van der Waals surface area contributed by atoms with E-state index in [-0.39, 0.29) is 5.60 Å². The van der Waals surface area contributed by atoms with E-state index in [2.05, 4.69) is 9.97 Å². The topological polar surface area (TPSA) is 102 Å². The fraction of sp³-hybridized carbons (Fsp3) is 0.450. The number of urea groups is 1. The van der Waals surface area contributed by atoms with Gasteiger partial charge in [-0.2, -0.15) is 0 Å². The number of aromatic nitrogens is 2. The Labute approximate surface area is 158 Å². The summed E-state index contributed by atoms with van der Waals surface area (Å²) < 4.78 is 5.74. The first-order chi connectivity index (χ1) is 12.8. The van der Waals surface area contributed by atoms with E-state index in [0.717, 1.165) is 28.7 Å². The van der Waals surface area contributed by atoms with Crippen molar-refractivity contribution >= 4 is 11.8 Å². The maximum atomic E-state index is 11.5. The number of nitrogens with two attached hydrogens (primary N) is 1. The van der Waals surface area contributed by atoms with Gasteiger partial charge in [0.15, 0.2) is 0 Å². The second kappa shape index (κ2) is 6.28. The maximum absolute atomic E-state index is 11.5. The molecule has 2 aromatic heterocycles. The van der Waals surface area contributed by atoms with Crippen molar-refractivity contribution in [2.75, 3.05) is 18.1 Å². The molecule has 2 amide bonds. The molecule has 0 spiro atoms. The van der Waals surface area contributed by atoms with Gasteiger partial charge in [0.25, 0.3) is 0 Å². The Hall–Kier alpha value is -2.51. The third-order valence-corrected chi connectivity index (χ3v) is 5.40. The van der Waals surface area contributed by atoms with Gasteiger partial charge in [0.05, 0.1) is 17.8 Å². The van der Waals surface area contributed by atoms with Crippen molar-refractivity contribution in [3.63, 3.8) is 0 Å². The van der Waals surface area contributed by atoms with Gasteiger partial charge in [-0.3, -0.25) is 9.88 Å². The number of nitrogens with zero attached hydrogens (tertiary/aromatic N) is 3. The van der Waals surface area contributed by atoms with Crippen LogP contribution in [0, 0.1) is 0 Å². The van der Waals surface area contributed by atoms with Crippen molar-refractivity contribution < 1.29 is 14.6 Å². The van der Waals surface area contributed by atoms with Crippen LogP contribution in [0.5, 0.6) is 0 Å². The zero-order valence-electron chi connectivity index (χ0n) is 15.6. The van der Waals surface area contributed by atoms with Gasteiger partial charge >= 0.3 is 6.03 Å². The normalized spacial score (nSPS) is 23.9. The van der Waals surface area contributed by atoms with Crippen molar-refractivity contribution in [1.82, 2.24) is 9.97 Å². The van der Waals surface area contributed by atoms with Gasteiger partial charge in [0.2, 0.25) is 0 Å². The fourth-order valence-electron chi connectivity index (χ4n) is 4.08. The smallest absolute Gasteiger partial charge is 0.320 e. The van der Waals surface area contributed by atoms with Gasteiger partial charge in [-0.05, 0) is 38.0 Å². The summed E-state index contributed by atoms with van der Waals surface area (Å²) in [6.45, 7) is 5.04. The molecule has 1 atom stereocenters. The van der Waals surface area contributed by atoms with E-state index in [1.54, 1.807) is 18.6 Å². The van der Waals surface area contributed by atoms with Crippen molar-refractivity contribution in [2.45, 2.75) is 44.3 Å². The Balaban J connectivity index is 1.67. The van der Waals surface area contributed by atoms with E-state index >= 15 is 0 Å². The number of pyridine rings is 2. The van der Waals surface area contributed by atoms with Crippen molar-refractivity contribution in [3.05, 3.63) is 41.9 Å². The lowest BCUT2D eigenvalue weighted by Crippen LogP contribution is -2.43. The Bertz CT molecular complexity index is 899. The predicted molar refractivity (Wildman–Crippen MR) is 101 cm³/mol. The molecule has 2 aliphatic heterocycles. The Morgan fingerprint density at radius 3 is 2.78 bits per heavy atom. The molecule has 0 radical (unpaired) electrons. The number of rotatable bonds is 2. The number of carbonyl (C=O) groups is 1. The minimum Gasteiger partial charge on any atom is -0.385 e. The standard InChI is InChI=1S/C20H24N4O3/c1-19(2)12-20(26,4-6-27-19)16-8-15(9-22-11-16)14-7-13-3-5-24(18(21)25)17(13)23-10-14/h7-11,26H,3-6,12H2,1-2H3,(H2,21,25). The Morgan fingerprint density at radius 1 is 1.26 bits per heavy atom. The summed E-state index contributed by atoms with van der Waals surface area (Å²) in [5.74, 6) is 0.625. The van der Waals surface area contributed by atoms with Crippen molar-refractivity contribution in [3.8, 4) is 11.1 Å². The SMILES string of the molecule is CC1(C)CC(O)(c2cncc(-c3cnc4c(c3)CCN4C(N)=O)c2)CCO1. The van der Waals surface area contributed by atoms with Crippen LogP contribution >= 0.6 is 0 Å². The van der Waals surface area contributed by atoms with Gasteiger partial charge in [0, 0.05) is 54.7 Å². The van der Waals surface area contributed by atoms with Crippen LogP contribution in [0.1, 0.15) is 37.8 Å². The van der Waals surface area contributed by atoms with Gasteiger partial charge in [0.1, 0.15) is 5.82 Å². The highest BCUT2D eigenvalue weighted by atomic mass is 16.5. The monoisotopic (exact) mass is 368 g/mol. The number of anilines is 1. The molecule has 0 bridgehead atoms. The number of carbonyl (C=O) groups excluding carboxylic acids is 1. The number of hydrogen-bond donors (Lipinski definition) is 2.